The van der Waals surface area contributed by atoms with Crippen LogP contribution in [0.2, 0.25) is 0 Å². The third-order valence-electron chi connectivity index (χ3n) is 6.12. The number of carbonyl (C=O) groups is 2. The molecule has 0 aliphatic heterocycles. The molecule has 2 amide bonds. The first kappa shape index (κ1) is 24.7. The lowest BCUT2D eigenvalue weighted by Gasteiger charge is -2.19. The summed E-state index contributed by atoms with van der Waals surface area (Å²) in [5.41, 5.74) is 10.4. The molecule has 4 rings (SSSR count). The van der Waals surface area contributed by atoms with Gasteiger partial charge < -0.3 is 20.8 Å². The summed E-state index contributed by atoms with van der Waals surface area (Å²) in [7, 11) is 1.78. The Bertz CT molecular complexity index is 1450. The molecule has 0 aliphatic rings. The zero-order chi connectivity index (χ0) is 26.0. The molecule has 1 atom stereocenters. The van der Waals surface area contributed by atoms with Crippen molar-refractivity contribution in [2.45, 2.75) is 19.9 Å². The van der Waals surface area contributed by atoms with Gasteiger partial charge in [0.1, 0.15) is 23.2 Å². The molecule has 6 nitrogen and oxygen atoms in total. The van der Waals surface area contributed by atoms with Crippen molar-refractivity contribution in [3.63, 3.8) is 0 Å². The predicted molar refractivity (Wildman–Crippen MR) is 140 cm³/mol. The zero-order valence-corrected chi connectivity index (χ0v) is 20.4. The molecule has 36 heavy (non-hydrogen) atoms. The Labute approximate surface area is 209 Å². The molecule has 0 bridgehead atoms. The highest BCUT2D eigenvalue weighted by atomic mass is 19.1. The van der Waals surface area contributed by atoms with E-state index >= 15 is 0 Å². The van der Waals surface area contributed by atoms with E-state index < -0.39 is 11.9 Å². The molecule has 0 aliphatic carbocycles. The zero-order valence-electron chi connectivity index (χ0n) is 20.4. The maximum atomic E-state index is 13.5. The molecule has 0 radical (unpaired) electrons. The van der Waals surface area contributed by atoms with Gasteiger partial charge in [-0.05, 0) is 65.6 Å². The van der Waals surface area contributed by atoms with Crippen LogP contribution in [0.1, 0.15) is 29.8 Å². The molecule has 4 aromatic rings. The highest BCUT2D eigenvalue weighted by Crippen LogP contribution is 2.38. The number of amides is 2. The number of carbonyl (C=O) groups excluding carboxylic acids is 2. The van der Waals surface area contributed by atoms with Crippen molar-refractivity contribution in [2.75, 3.05) is 7.05 Å². The summed E-state index contributed by atoms with van der Waals surface area (Å²) >= 11 is 0. The summed E-state index contributed by atoms with van der Waals surface area (Å²) in [6.45, 7) is 7.77. The van der Waals surface area contributed by atoms with Gasteiger partial charge in [0.15, 0.2) is 0 Å². The number of furan rings is 1. The van der Waals surface area contributed by atoms with Crippen LogP contribution in [0.3, 0.4) is 0 Å². The topological polar surface area (TPSA) is 97.4 Å². The van der Waals surface area contributed by atoms with E-state index in [0.29, 0.717) is 22.6 Å². The van der Waals surface area contributed by atoms with Gasteiger partial charge in [0.25, 0.3) is 5.91 Å². The van der Waals surface area contributed by atoms with Crippen LogP contribution in [-0.2, 0) is 4.79 Å². The summed E-state index contributed by atoms with van der Waals surface area (Å²) in [6, 6.07) is 18.2. The van der Waals surface area contributed by atoms with E-state index in [0.717, 1.165) is 27.6 Å². The fraction of sp³-hybridized carbons (Fsp3) is 0.172. The van der Waals surface area contributed by atoms with Crippen molar-refractivity contribution < 1.29 is 18.4 Å². The number of nitrogens with one attached hydrogen (secondary N) is 2. The van der Waals surface area contributed by atoms with Crippen LogP contribution in [0, 0.1) is 11.7 Å². The standard InChI is InChI=1S/C29H28FN3O3/c1-16(2)26(28(31)34)33-29(35)21-7-5-6-19(14-21)20-10-13-24-23(15-20)25(17(3)32-4)27(36-24)18-8-11-22(30)12-9-18/h5-16,26,32H,3H2,1-2,4H3,(H2,31,34)(H,33,35)/t26-/m0/s1. The number of benzene rings is 3. The molecule has 0 saturated heterocycles. The molecule has 1 heterocycles. The van der Waals surface area contributed by atoms with E-state index in [2.05, 4.69) is 17.2 Å². The van der Waals surface area contributed by atoms with Gasteiger partial charge in [0, 0.05) is 29.3 Å². The van der Waals surface area contributed by atoms with Gasteiger partial charge in [0.05, 0.1) is 5.56 Å². The van der Waals surface area contributed by atoms with Crippen molar-refractivity contribution in [1.29, 1.82) is 0 Å². The largest absolute Gasteiger partial charge is 0.455 e. The Balaban J connectivity index is 1.76. The van der Waals surface area contributed by atoms with Crippen LogP contribution >= 0.6 is 0 Å². The lowest BCUT2D eigenvalue weighted by molar-refractivity contribution is -0.120. The number of hydrogen-bond acceptors (Lipinski definition) is 4. The third-order valence-corrected chi connectivity index (χ3v) is 6.12. The molecular weight excluding hydrogens is 457 g/mol. The Morgan fingerprint density at radius 1 is 0.972 bits per heavy atom. The number of fused-ring (bicyclic) bond motifs is 1. The lowest BCUT2D eigenvalue weighted by atomic mass is 9.98. The SMILES string of the molecule is C=C(NC)c1c(-c2ccc(F)cc2)oc2ccc(-c3cccc(C(=O)N[C@H](C(N)=O)C(C)C)c3)cc12. The minimum Gasteiger partial charge on any atom is -0.455 e. The van der Waals surface area contributed by atoms with Gasteiger partial charge in [0.2, 0.25) is 5.91 Å². The molecule has 7 heteroatoms. The van der Waals surface area contributed by atoms with E-state index in [1.807, 2.05) is 38.1 Å². The van der Waals surface area contributed by atoms with Crippen LogP contribution in [0.4, 0.5) is 4.39 Å². The maximum Gasteiger partial charge on any atom is 0.251 e. The van der Waals surface area contributed by atoms with Gasteiger partial charge in [-0.25, -0.2) is 4.39 Å². The van der Waals surface area contributed by atoms with Crippen LogP contribution in [0.5, 0.6) is 0 Å². The molecule has 0 fully saturated rings. The Kier molecular flexibility index (Phi) is 6.92. The first-order valence-corrected chi connectivity index (χ1v) is 11.6. The summed E-state index contributed by atoms with van der Waals surface area (Å²) in [6.07, 6.45) is 0. The minimum absolute atomic E-state index is 0.132. The van der Waals surface area contributed by atoms with E-state index in [-0.39, 0.29) is 17.6 Å². The highest BCUT2D eigenvalue weighted by Gasteiger charge is 2.23. The molecule has 4 N–H and O–H groups in total. The van der Waals surface area contributed by atoms with Gasteiger partial charge >= 0.3 is 0 Å². The molecule has 0 spiro atoms. The van der Waals surface area contributed by atoms with Crippen molar-refractivity contribution in [2.24, 2.45) is 11.7 Å². The molecule has 0 saturated carbocycles. The van der Waals surface area contributed by atoms with Gasteiger partial charge in [-0.2, -0.15) is 0 Å². The molecule has 1 aromatic heterocycles. The maximum absolute atomic E-state index is 13.5. The fourth-order valence-electron chi connectivity index (χ4n) is 4.14. The quantitative estimate of drug-likeness (QED) is 0.314. The van der Waals surface area contributed by atoms with Crippen molar-refractivity contribution in [3.05, 3.63) is 90.3 Å². The molecule has 0 unspecified atom stereocenters. The summed E-state index contributed by atoms with van der Waals surface area (Å²) in [4.78, 5) is 24.6. The van der Waals surface area contributed by atoms with Crippen LogP contribution in [0.15, 0.2) is 77.7 Å². The third kappa shape index (κ3) is 4.86. The first-order valence-electron chi connectivity index (χ1n) is 11.6. The minimum atomic E-state index is -0.761. The number of primary amides is 1. The van der Waals surface area contributed by atoms with Crippen LogP contribution < -0.4 is 16.4 Å². The number of hydrogen-bond donors (Lipinski definition) is 3. The lowest BCUT2D eigenvalue weighted by Crippen LogP contribution is -2.47. The van der Waals surface area contributed by atoms with Crippen LogP contribution in [-0.4, -0.2) is 24.9 Å². The molecular formula is C29H28FN3O3. The van der Waals surface area contributed by atoms with Gasteiger partial charge in [-0.15, -0.1) is 0 Å². The fourth-order valence-corrected chi connectivity index (χ4v) is 4.14. The van der Waals surface area contributed by atoms with Crippen molar-refractivity contribution in [3.8, 4) is 22.5 Å². The van der Waals surface area contributed by atoms with Crippen molar-refractivity contribution in [1.82, 2.24) is 10.6 Å². The summed E-state index contributed by atoms with van der Waals surface area (Å²) < 4.78 is 19.7. The second kappa shape index (κ2) is 10.1. The Hall–Kier alpha value is -4.39. The monoisotopic (exact) mass is 485 g/mol. The van der Waals surface area contributed by atoms with Crippen molar-refractivity contribution >= 4 is 28.5 Å². The summed E-state index contributed by atoms with van der Waals surface area (Å²) in [5, 5.41) is 6.63. The van der Waals surface area contributed by atoms with Gasteiger partial charge in [-0.3, -0.25) is 9.59 Å². The second-order valence-corrected chi connectivity index (χ2v) is 8.93. The smallest absolute Gasteiger partial charge is 0.251 e. The molecule has 3 aromatic carbocycles. The van der Waals surface area contributed by atoms with E-state index in [1.165, 1.54) is 12.1 Å². The van der Waals surface area contributed by atoms with E-state index in [1.54, 1.807) is 37.4 Å². The highest BCUT2D eigenvalue weighted by molar-refractivity contribution is 6.01. The van der Waals surface area contributed by atoms with E-state index in [4.69, 9.17) is 10.2 Å². The number of rotatable bonds is 8. The first-order chi connectivity index (χ1) is 17.2. The van der Waals surface area contributed by atoms with Crippen LogP contribution in [0.25, 0.3) is 39.1 Å². The number of nitrogens with two attached hydrogens (primary N) is 1. The van der Waals surface area contributed by atoms with Gasteiger partial charge in [-0.1, -0.05) is 38.6 Å². The Morgan fingerprint density at radius 3 is 2.28 bits per heavy atom. The second-order valence-electron chi connectivity index (χ2n) is 8.93. The predicted octanol–water partition coefficient (Wildman–Crippen LogP) is 5.34. The summed E-state index contributed by atoms with van der Waals surface area (Å²) in [5.74, 6) is -0.825. The Morgan fingerprint density at radius 2 is 1.64 bits per heavy atom. The normalized spacial score (nSPS) is 11.9. The average Bonchev–Trinajstić information content (AvgIpc) is 3.25. The van der Waals surface area contributed by atoms with E-state index in [9.17, 15) is 14.0 Å². The number of halogens is 1. The molecule has 184 valence electrons. The average molecular weight is 486 g/mol.